The monoisotopic (exact) mass is 384 g/mol. The molecule has 1 aliphatic heterocycles. The van der Waals surface area contributed by atoms with Gasteiger partial charge in [-0.3, -0.25) is 0 Å². The number of sulfonamides is 1. The highest BCUT2D eigenvalue weighted by Crippen LogP contribution is 2.38. The number of hydrogen-bond acceptors (Lipinski definition) is 2. The van der Waals surface area contributed by atoms with E-state index in [1.807, 2.05) is 37.6 Å². The van der Waals surface area contributed by atoms with Gasteiger partial charge in [0.15, 0.2) is 0 Å². The Labute approximate surface area is 158 Å². The van der Waals surface area contributed by atoms with Crippen LogP contribution >= 0.6 is 0 Å². The molecule has 1 atom stereocenters. The van der Waals surface area contributed by atoms with Gasteiger partial charge in [-0.1, -0.05) is 29.8 Å². The van der Waals surface area contributed by atoms with Crippen molar-refractivity contribution in [2.24, 2.45) is 7.05 Å². The number of halogens is 1. The summed E-state index contributed by atoms with van der Waals surface area (Å²) < 4.78 is 44.2. The van der Waals surface area contributed by atoms with Crippen molar-refractivity contribution in [3.63, 3.8) is 0 Å². The fraction of sp³-hybridized carbons (Fsp3) is 0.238. The first-order valence-corrected chi connectivity index (χ1v) is 10.3. The number of fused-ring (bicyclic) bond motifs is 3. The Morgan fingerprint density at radius 2 is 1.81 bits per heavy atom. The van der Waals surface area contributed by atoms with Crippen LogP contribution in [0, 0.1) is 12.7 Å². The second-order valence-corrected chi connectivity index (χ2v) is 8.82. The number of aryl methyl sites for hydroxylation is 2. The molecular weight excluding hydrogens is 363 g/mol. The summed E-state index contributed by atoms with van der Waals surface area (Å²) in [5.74, 6) is 0.263. The number of benzene rings is 2. The molecule has 4 nitrogen and oxygen atoms in total. The molecule has 0 spiro atoms. The van der Waals surface area contributed by atoms with E-state index in [0.717, 1.165) is 22.0 Å². The molecule has 0 N–H and O–H groups in total. The fourth-order valence-electron chi connectivity index (χ4n) is 3.77. The van der Waals surface area contributed by atoms with Gasteiger partial charge in [0.2, 0.25) is 0 Å². The second-order valence-electron chi connectivity index (χ2n) is 7.01. The molecule has 1 aliphatic rings. The van der Waals surface area contributed by atoms with Crippen LogP contribution in [0.1, 0.15) is 18.1 Å². The average Bonchev–Trinajstić information content (AvgIpc) is 2.77. The first-order valence-electron chi connectivity index (χ1n) is 8.85. The van der Waals surface area contributed by atoms with Crippen molar-refractivity contribution in [3.8, 4) is 0 Å². The molecule has 0 amide bonds. The molecule has 6 heteroatoms. The Bertz CT molecular complexity index is 1160. The largest absolute Gasteiger partial charge is 0.329 e. The third kappa shape index (κ3) is 2.75. The van der Waals surface area contributed by atoms with E-state index in [2.05, 4.69) is 0 Å². The molecular formula is C21H21FN2O2S. The van der Waals surface area contributed by atoms with Gasteiger partial charge in [-0.15, -0.1) is 0 Å². The van der Waals surface area contributed by atoms with Crippen molar-refractivity contribution in [1.82, 2.24) is 4.57 Å². The number of anilines is 1. The number of nitrogens with zero attached hydrogens (tertiary/aromatic N) is 2. The van der Waals surface area contributed by atoms with Crippen LogP contribution in [0.4, 0.5) is 10.2 Å². The molecule has 1 aromatic heterocycles. The Balaban J connectivity index is 2.01. The maximum absolute atomic E-state index is 13.9. The lowest BCUT2D eigenvalue weighted by Crippen LogP contribution is -2.38. The Hall–Kier alpha value is -2.60. The Morgan fingerprint density at radius 1 is 1.11 bits per heavy atom. The summed E-state index contributed by atoms with van der Waals surface area (Å²) >= 11 is 0. The number of allylic oxidation sites excluding steroid dienone is 1. The van der Waals surface area contributed by atoms with Crippen molar-refractivity contribution < 1.29 is 12.8 Å². The molecule has 2 heterocycles. The summed E-state index contributed by atoms with van der Waals surface area (Å²) in [6, 6.07) is 11.1. The third-order valence-corrected chi connectivity index (χ3v) is 7.02. The zero-order chi connectivity index (χ0) is 19.3. The molecule has 0 saturated carbocycles. The number of hydrogen-bond donors (Lipinski definition) is 0. The van der Waals surface area contributed by atoms with Gasteiger partial charge >= 0.3 is 0 Å². The second kappa shape index (κ2) is 6.23. The van der Waals surface area contributed by atoms with Gasteiger partial charge in [-0.25, -0.2) is 17.1 Å². The molecule has 0 fully saturated rings. The molecule has 2 aromatic carbocycles. The van der Waals surface area contributed by atoms with E-state index >= 15 is 0 Å². The molecule has 1 unspecified atom stereocenters. The molecule has 4 rings (SSSR count). The van der Waals surface area contributed by atoms with Gasteiger partial charge in [0.05, 0.1) is 10.9 Å². The van der Waals surface area contributed by atoms with Crippen molar-refractivity contribution in [3.05, 3.63) is 71.6 Å². The fourth-order valence-corrected chi connectivity index (χ4v) is 5.45. The Kier molecular flexibility index (Phi) is 4.11. The van der Waals surface area contributed by atoms with Crippen molar-refractivity contribution in [2.45, 2.75) is 31.2 Å². The van der Waals surface area contributed by atoms with Crippen LogP contribution < -0.4 is 4.31 Å². The van der Waals surface area contributed by atoms with Crippen LogP contribution in [-0.2, 0) is 23.5 Å². The smallest absolute Gasteiger partial charge is 0.265 e. The van der Waals surface area contributed by atoms with Crippen LogP contribution in [0.25, 0.3) is 10.9 Å². The highest BCUT2D eigenvalue weighted by atomic mass is 32.2. The van der Waals surface area contributed by atoms with Crippen LogP contribution in [-0.4, -0.2) is 19.0 Å². The summed E-state index contributed by atoms with van der Waals surface area (Å²) in [7, 11) is -1.95. The normalized spacial score (nSPS) is 17.2. The predicted octanol–water partition coefficient (Wildman–Crippen LogP) is 4.32. The summed E-state index contributed by atoms with van der Waals surface area (Å²) in [4.78, 5) is 0.248. The zero-order valence-corrected chi connectivity index (χ0v) is 16.3. The number of aromatic nitrogens is 1. The van der Waals surface area contributed by atoms with Crippen LogP contribution in [0.5, 0.6) is 0 Å². The van der Waals surface area contributed by atoms with E-state index in [1.54, 1.807) is 30.3 Å². The van der Waals surface area contributed by atoms with E-state index in [0.29, 0.717) is 12.2 Å². The molecule has 0 bridgehead atoms. The first kappa shape index (κ1) is 17.8. The van der Waals surface area contributed by atoms with E-state index < -0.39 is 10.0 Å². The van der Waals surface area contributed by atoms with Crippen LogP contribution in [0.15, 0.2) is 59.5 Å². The van der Waals surface area contributed by atoms with E-state index in [1.165, 1.54) is 16.4 Å². The van der Waals surface area contributed by atoms with Crippen LogP contribution in [0.2, 0.25) is 0 Å². The first-order chi connectivity index (χ1) is 12.8. The van der Waals surface area contributed by atoms with E-state index in [4.69, 9.17) is 0 Å². The molecule has 3 aromatic rings. The van der Waals surface area contributed by atoms with E-state index in [9.17, 15) is 12.8 Å². The highest BCUT2D eigenvalue weighted by Gasteiger charge is 2.34. The lowest BCUT2D eigenvalue weighted by molar-refractivity contribution is 0.586. The third-order valence-electron chi connectivity index (χ3n) is 5.13. The highest BCUT2D eigenvalue weighted by molar-refractivity contribution is 7.92. The molecule has 0 aliphatic carbocycles. The predicted molar refractivity (Wildman–Crippen MR) is 106 cm³/mol. The maximum Gasteiger partial charge on any atom is 0.265 e. The standard InChI is InChI=1S/C21H21FN2O2S/c1-14-7-10-17(11-8-14)27(25,26)24-15(2)5-4-6-18-19-13-16(22)9-12-20(19)23(3)21(18)24/h4-5,7-13,15H,6H2,1-3H3. The minimum atomic E-state index is -3.78. The summed E-state index contributed by atoms with van der Waals surface area (Å²) in [5, 5.41) is 0.746. The van der Waals surface area contributed by atoms with Gasteiger partial charge in [-0.2, -0.15) is 0 Å². The SMILES string of the molecule is Cc1ccc(S(=O)(=O)N2c3c(c4cc(F)ccc4n3C)CC=CC2C)cc1. The van der Waals surface area contributed by atoms with Gasteiger partial charge in [-0.05, 0) is 50.6 Å². The molecule has 0 saturated heterocycles. The lowest BCUT2D eigenvalue weighted by Gasteiger charge is -2.29. The zero-order valence-electron chi connectivity index (χ0n) is 15.5. The van der Waals surface area contributed by atoms with Gasteiger partial charge in [0.25, 0.3) is 10.0 Å². The van der Waals surface area contributed by atoms with Crippen molar-refractivity contribution in [2.75, 3.05) is 4.31 Å². The maximum atomic E-state index is 13.9. The van der Waals surface area contributed by atoms with Gasteiger partial charge < -0.3 is 4.57 Å². The van der Waals surface area contributed by atoms with Crippen molar-refractivity contribution >= 4 is 26.7 Å². The molecule has 27 heavy (non-hydrogen) atoms. The average molecular weight is 384 g/mol. The summed E-state index contributed by atoms with van der Waals surface area (Å²) in [5.41, 5.74) is 2.63. The quantitative estimate of drug-likeness (QED) is 0.618. The topological polar surface area (TPSA) is 42.3 Å². The molecule has 140 valence electrons. The lowest BCUT2D eigenvalue weighted by atomic mass is 10.1. The van der Waals surface area contributed by atoms with Crippen molar-refractivity contribution in [1.29, 1.82) is 0 Å². The number of rotatable bonds is 2. The minimum Gasteiger partial charge on any atom is -0.329 e. The Morgan fingerprint density at radius 3 is 2.52 bits per heavy atom. The van der Waals surface area contributed by atoms with Gasteiger partial charge in [0, 0.05) is 23.5 Å². The molecule has 0 radical (unpaired) electrons. The van der Waals surface area contributed by atoms with Gasteiger partial charge in [0.1, 0.15) is 11.6 Å². The van der Waals surface area contributed by atoms with E-state index in [-0.39, 0.29) is 16.8 Å². The van der Waals surface area contributed by atoms with Crippen LogP contribution in [0.3, 0.4) is 0 Å². The minimum absolute atomic E-state index is 0.248. The summed E-state index contributed by atoms with van der Waals surface area (Å²) in [6.45, 7) is 3.78. The summed E-state index contributed by atoms with van der Waals surface area (Å²) in [6.07, 6.45) is 4.40.